The number of carbonyl (C=O) groups excluding carboxylic acids is 1. The van der Waals surface area contributed by atoms with E-state index in [-0.39, 0.29) is 6.42 Å². The maximum absolute atomic E-state index is 12.9. The number of ether oxygens (including phenoxy) is 1. The number of methoxy groups -OCH3 is 1. The van der Waals surface area contributed by atoms with Crippen molar-refractivity contribution >= 4 is 21.7 Å². The summed E-state index contributed by atoms with van der Waals surface area (Å²) in [6.45, 7) is 0. The molecule has 0 aliphatic carbocycles. The second kappa shape index (κ2) is 8.07. The largest absolute Gasteiger partial charge is 0.468 e. The lowest BCUT2D eigenvalue weighted by Gasteiger charge is -2.25. The summed E-state index contributed by atoms with van der Waals surface area (Å²) in [5.74, 6) is -0.751. The van der Waals surface area contributed by atoms with Crippen molar-refractivity contribution in [3.8, 4) is 0 Å². The molecular weight excluding hydrogens is 360 g/mol. The van der Waals surface area contributed by atoms with Gasteiger partial charge in [-0.15, -0.1) is 0 Å². The van der Waals surface area contributed by atoms with Gasteiger partial charge in [-0.25, -0.2) is 8.42 Å². The fourth-order valence-electron chi connectivity index (χ4n) is 2.48. The molecule has 1 atom stereocenters. The van der Waals surface area contributed by atoms with Crippen LogP contribution in [0.25, 0.3) is 0 Å². The Balaban J connectivity index is 2.45. The Hall–Kier alpha value is -2.78. The fourth-order valence-corrected chi connectivity index (χ4v) is 3.95. The lowest BCUT2D eigenvalue weighted by atomic mass is 10.1. The Bertz CT molecular complexity index is 898. The van der Waals surface area contributed by atoms with Crippen LogP contribution in [0.5, 0.6) is 0 Å². The fraction of sp³-hybridized carbons (Fsp3) is 0.235. The summed E-state index contributed by atoms with van der Waals surface area (Å²) < 4.78 is 31.4. The first kappa shape index (κ1) is 19.5. The van der Waals surface area contributed by atoms with Crippen LogP contribution in [-0.4, -0.2) is 43.8 Å². The molecule has 2 rings (SSSR count). The highest BCUT2D eigenvalue weighted by atomic mass is 32.2. The highest BCUT2D eigenvalue weighted by Gasteiger charge is 2.37. The Morgan fingerprint density at radius 1 is 1.15 bits per heavy atom. The molecule has 0 heterocycles. The molecule has 0 saturated carbocycles. The molecule has 26 heavy (non-hydrogen) atoms. The smallest absolute Gasteiger partial charge is 0.324 e. The molecule has 2 aromatic rings. The second-order valence-corrected chi connectivity index (χ2v) is 7.44. The average Bonchev–Trinajstić information content (AvgIpc) is 2.65. The lowest BCUT2D eigenvalue weighted by Crippen LogP contribution is -2.44. The highest BCUT2D eigenvalue weighted by Crippen LogP contribution is 2.27. The highest BCUT2D eigenvalue weighted by molar-refractivity contribution is 7.89. The average molecular weight is 378 g/mol. The number of likely N-dealkylation sites (N-methyl/N-ethyl adjacent to an activating group) is 1. The molecule has 0 N–H and O–H groups in total. The molecule has 0 saturated heterocycles. The number of esters is 1. The molecule has 0 radical (unpaired) electrons. The third-order valence-electron chi connectivity index (χ3n) is 3.90. The van der Waals surface area contributed by atoms with Crippen LogP contribution in [0, 0.1) is 10.1 Å². The maximum Gasteiger partial charge on any atom is 0.324 e. The summed E-state index contributed by atoms with van der Waals surface area (Å²) in [6.07, 6.45) is 0.0733. The SMILES string of the molecule is COC(=O)C(Cc1ccccc1)N(C)S(=O)(=O)c1ccccc1[N+](=O)[O-]. The van der Waals surface area contributed by atoms with Gasteiger partial charge in [-0.05, 0) is 18.1 Å². The van der Waals surface area contributed by atoms with Gasteiger partial charge in [0.2, 0.25) is 10.0 Å². The number of para-hydroxylation sites is 1. The molecule has 0 aliphatic rings. The summed E-state index contributed by atoms with van der Waals surface area (Å²) in [5, 5.41) is 11.2. The van der Waals surface area contributed by atoms with Crippen LogP contribution in [0.4, 0.5) is 5.69 Å². The molecule has 8 nitrogen and oxygen atoms in total. The normalized spacial score (nSPS) is 12.6. The van der Waals surface area contributed by atoms with Gasteiger partial charge in [0.25, 0.3) is 5.69 Å². The van der Waals surface area contributed by atoms with Gasteiger partial charge in [-0.2, -0.15) is 4.31 Å². The Morgan fingerprint density at radius 2 is 1.73 bits per heavy atom. The van der Waals surface area contributed by atoms with Crippen LogP contribution in [-0.2, 0) is 26.0 Å². The van der Waals surface area contributed by atoms with Gasteiger partial charge in [0, 0.05) is 13.1 Å². The Morgan fingerprint density at radius 3 is 2.31 bits per heavy atom. The summed E-state index contributed by atoms with van der Waals surface area (Å²) >= 11 is 0. The number of nitrogens with zero attached hydrogens (tertiary/aromatic N) is 2. The zero-order valence-corrected chi connectivity index (χ0v) is 15.0. The van der Waals surface area contributed by atoms with E-state index in [1.807, 2.05) is 0 Å². The zero-order valence-electron chi connectivity index (χ0n) is 14.2. The number of sulfonamides is 1. The molecule has 138 valence electrons. The molecule has 0 spiro atoms. The molecule has 2 aromatic carbocycles. The zero-order chi connectivity index (χ0) is 19.3. The van der Waals surface area contributed by atoms with E-state index in [1.165, 1.54) is 19.2 Å². The van der Waals surface area contributed by atoms with Crippen LogP contribution < -0.4 is 0 Å². The number of benzene rings is 2. The summed E-state index contributed by atoms with van der Waals surface area (Å²) in [7, 11) is -1.93. The van der Waals surface area contributed by atoms with E-state index >= 15 is 0 Å². The molecule has 9 heteroatoms. The molecule has 1 unspecified atom stereocenters. The number of rotatable bonds is 7. The van der Waals surface area contributed by atoms with Crippen molar-refractivity contribution in [2.24, 2.45) is 0 Å². The van der Waals surface area contributed by atoms with Crippen LogP contribution >= 0.6 is 0 Å². The van der Waals surface area contributed by atoms with Crippen LogP contribution in [0.3, 0.4) is 0 Å². The van der Waals surface area contributed by atoms with Gasteiger partial charge in [0.05, 0.1) is 12.0 Å². The molecule has 0 aromatic heterocycles. The van der Waals surface area contributed by atoms with Crippen molar-refractivity contribution in [1.29, 1.82) is 0 Å². The van der Waals surface area contributed by atoms with Gasteiger partial charge in [0.15, 0.2) is 4.90 Å². The van der Waals surface area contributed by atoms with Crippen molar-refractivity contribution in [1.82, 2.24) is 4.31 Å². The van der Waals surface area contributed by atoms with Crippen molar-refractivity contribution < 1.29 is 22.9 Å². The lowest BCUT2D eigenvalue weighted by molar-refractivity contribution is -0.387. The van der Waals surface area contributed by atoms with Gasteiger partial charge < -0.3 is 4.74 Å². The Kier molecular flexibility index (Phi) is 6.06. The molecule has 0 fully saturated rings. The standard InChI is InChI=1S/C17H18N2O6S/c1-18(15(17(20)25-2)12-13-8-4-3-5-9-13)26(23,24)16-11-7-6-10-14(16)19(21)22/h3-11,15H,12H2,1-2H3. The van der Waals surface area contributed by atoms with Crippen LogP contribution in [0.15, 0.2) is 59.5 Å². The summed E-state index contributed by atoms with van der Waals surface area (Å²) in [5.41, 5.74) is 0.176. The van der Waals surface area contributed by atoms with E-state index < -0.39 is 37.5 Å². The minimum absolute atomic E-state index is 0.0733. The van der Waals surface area contributed by atoms with Crippen molar-refractivity contribution in [2.75, 3.05) is 14.2 Å². The monoisotopic (exact) mass is 378 g/mol. The van der Waals surface area contributed by atoms with E-state index in [2.05, 4.69) is 0 Å². The topological polar surface area (TPSA) is 107 Å². The molecule has 0 bridgehead atoms. The van der Waals surface area contributed by atoms with Gasteiger partial charge in [0.1, 0.15) is 6.04 Å². The predicted molar refractivity (Wildman–Crippen MR) is 94.0 cm³/mol. The van der Waals surface area contributed by atoms with Crippen molar-refractivity contribution in [2.45, 2.75) is 17.4 Å². The number of carbonyl (C=O) groups is 1. The van der Waals surface area contributed by atoms with Gasteiger partial charge in [-0.1, -0.05) is 42.5 Å². The number of hydrogen-bond donors (Lipinski definition) is 0. The minimum atomic E-state index is -4.30. The van der Waals surface area contributed by atoms with Crippen molar-refractivity contribution in [3.05, 3.63) is 70.3 Å². The van der Waals surface area contributed by atoms with E-state index in [0.717, 1.165) is 29.1 Å². The van der Waals surface area contributed by atoms with E-state index in [1.54, 1.807) is 30.3 Å². The third kappa shape index (κ3) is 4.06. The van der Waals surface area contributed by atoms with Crippen LogP contribution in [0.1, 0.15) is 5.56 Å². The van der Waals surface area contributed by atoms with Gasteiger partial charge in [-0.3, -0.25) is 14.9 Å². The van der Waals surface area contributed by atoms with E-state index in [9.17, 15) is 23.3 Å². The van der Waals surface area contributed by atoms with Crippen LogP contribution in [0.2, 0.25) is 0 Å². The molecular formula is C17H18N2O6S. The predicted octanol–water partition coefficient (Wildman–Crippen LogP) is 2.00. The van der Waals surface area contributed by atoms with Crippen molar-refractivity contribution in [3.63, 3.8) is 0 Å². The number of nitro groups is 1. The quantitative estimate of drug-likeness (QED) is 0.414. The van der Waals surface area contributed by atoms with E-state index in [0.29, 0.717) is 0 Å². The van der Waals surface area contributed by atoms with E-state index in [4.69, 9.17) is 4.74 Å². The molecule has 0 aliphatic heterocycles. The number of hydrogen-bond acceptors (Lipinski definition) is 6. The maximum atomic E-state index is 12.9. The summed E-state index contributed by atoms with van der Waals surface area (Å²) in [4.78, 5) is 22.1. The second-order valence-electron chi connectivity index (χ2n) is 5.47. The number of nitro benzene ring substituents is 1. The minimum Gasteiger partial charge on any atom is -0.468 e. The first-order valence-electron chi connectivity index (χ1n) is 7.62. The Labute approximate surface area is 151 Å². The molecule has 0 amide bonds. The third-order valence-corrected chi connectivity index (χ3v) is 5.82. The first-order valence-corrected chi connectivity index (χ1v) is 9.06. The van der Waals surface area contributed by atoms with Gasteiger partial charge >= 0.3 is 5.97 Å². The first-order chi connectivity index (χ1) is 12.3. The summed E-state index contributed by atoms with van der Waals surface area (Å²) in [6, 6.07) is 12.7.